The Hall–Kier alpha value is -2.99. The summed E-state index contributed by atoms with van der Waals surface area (Å²) in [4.78, 5) is 14.3. The summed E-state index contributed by atoms with van der Waals surface area (Å²) < 4.78 is 12.8. The molecule has 0 fully saturated rings. The van der Waals surface area contributed by atoms with Gasteiger partial charge >= 0.3 is 0 Å². The van der Waals surface area contributed by atoms with E-state index in [9.17, 15) is 4.79 Å². The van der Waals surface area contributed by atoms with Crippen LogP contribution in [0, 0.1) is 0 Å². The number of hydrogen-bond donors (Lipinski definition) is 0. The predicted octanol–water partition coefficient (Wildman–Crippen LogP) is 3.57. The summed E-state index contributed by atoms with van der Waals surface area (Å²) in [5, 5.41) is 4.99. The maximum atomic E-state index is 12.7. The molecule has 0 spiro atoms. The highest BCUT2D eigenvalue weighted by atomic mass is 35.5. The highest BCUT2D eigenvalue weighted by molar-refractivity contribution is 6.30. The fraction of sp³-hybridized carbons (Fsp3) is 0.200. The van der Waals surface area contributed by atoms with Crippen molar-refractivity contribution in [2.24, 2.45) is 0 Å². The first-order chi connectivity index (χ1) is 13.1. The van der Waals surface area contributed by atoms with Crippen LogP contribution in [0.3, 0.4) is 0 Å². The van der Waals surface area contributed by atoms with E-state index < -0.39 is 0 Å². The van der Waals surface area contributed by atoms with Crippen molar-refractivity contribution in [1.29, 1.82) is 0 Å². The minimum absolute atomic E-state index is 0.161. The lowest BCUT2D eigenvalue weighted by Crippen LogP contribution is -2.27. The van der Waals surface area contributed by atoms with Crippen LogP contribution in [0.1, 0.15) is 16.1 Å². The number of benzene rings is 2. The lowest BCUT2D eigenvalue weighted by atomic mass is 10.2. The number of halogens is 1. The number of ether oxygens (including phenoxy) is 2. The fourth-order valence-corrected chi connectivity index (χ4v) is 3.11. The van der Waals surface area contributed by atoms with Crippen molar-refractivity contribution in [2.45, 2.75) is 6.54 Å². The zero-order chi connectivity index (χ0) is 18.8. The van der Waals surface area contributed by atoms with Gasteiger partial charge in [0, 0.05) is 24.8 Å². The van der Waals surface area contributed by atoms with Gasteiger partial charge in [-0.2, -0.15) is 5.10 Å². The second-order valence-electron chi connectivity index (χ2n) is 6.26. The molecular weight excluding hydrogens is 366 g/mol. The Balaban J connectivity index is 1.48. The van der Waals surface area contributed by atoms with Gasteiger partial charge in [0.1, 0.15) is 13.2 Å². The standard InChI is InChI=1S/C20H18ClN3O3/c1-23(13-14-5-6-18-19(11-14)27-10-9-26-18)20(25)17-7-8-24(22-17)16-4-2-3-15(21)12-16/h2-8,11-12H,9-10,13H2,1H3. The van der Waals surface area contributed by atoms with Crippen LogP contribution in [0.25, 0.3) is 5.69 Å². The quantitative estimate of drug-likeness (QED) is 0.691. The summed E-state index contributed by atoms with van der Waals surface area (Å²) in [6.07, 6.45) is 1.75. The molecule has 6 nitrogen and oxygen atoms in total. The number of carbonyl (C=O) groups is 1. The molecule has 3 aromatic rings. The average Bonchev–Trinajstić information content (AvgIpc) is 3.17. The molecular formula is C20H18ClN3O3. The molecule has 27 heavy (non-hydrogen) atoms. The minimum atomic E-state index is -0.161. The molecule has 1 aliphatic heterocycles. The molecule has 1 aliphatic rings. The van der Waals surface area contributed by atoms with Gasteiger partial charge in [-0.05, 0) is 42.0 Å². The van der Waals surface area contributed by atoms with Gasteiger partial charge in [0.2, 0.25) is 0 Å². The van der Waals surface area contributed by atoms with Gasteiger partial charge in [-0.1, -0.05) is 23.7 Å². The van der Waals surface area contributed by atoms with E-state index in [0.717, 1.165) is 17.0 Å². The van der Waals surface area contributed by atoms with E-state index in [1.807, 2.05) is 30.3 Å². The number of fused-ring (bicyclic) bond motifs is 1. The van der Waals surface area contributed by atoms with Gasteiger partial charge in [0.25, 0.3) is 5.91 Å². The SMILES string of the molecule is CN(Cc1ccc2c(c1)OCCO2)C(=O)c1ccn(-c2cccc(Cl)c2)n1. The Bertz CT molecular complexity index is 986. The topological polar surface area (TPSA) is 56.6 Å². The summed E-state index contributed by atoms with van der Waals surface area (Å²) in [6, 6.07) is 14.7. The van der Waals surface area contributed by atoms with Gasteiger partial charge in [-0.3, -0.25) is 4.79 Å². The molecule has 138 valence electrons. The van der Waals surface area contributed by atoms with Crippen molar-refractivity contribution in [3.8, 4) is 17.2 Å². The summed E-state index contributed by atoms with van der Waals surface area (Å²) >= 11 is 6.02. The van der Waals surface area contributed by atoms with Gasteiger partial charge in [-0.15, -0.1) is 0 Å². The smallest absolute Gasteiger partial charge is 0.274 e. The molecule has 0 atom stereocenters. The number of aromatic nitrogens is 2. The Morgan fingerprint density at radius 1 is 1.15 bits per heavy atom. The molecule has 0 aliphatic carbocycles. The lowest BCUT2D eigenvalue weighted by molar-refractivity contribution is 0.0778. The molecule has 0 bridgehead atoms. The largest absolute Gasteiger partial charge is 0.486 e. The molecule has 4 rings (SSSR count). The van der Waals surface area contributed by atoms with E-state index >= 15 is 0 Å². The van der Waals surface area contributed by atoms with E-state index in [1.165, 1.54) is 0 Å². The van der Waals surface area contributed by atoms with Crippen LogP contribution >= 0.6 is 11.6 Å². The van der Waals surface area contributed by atoms with Crippen molar-refractivity contribution in [1.82, 2.24) is 14.7 Å². The summed E-state index contributed by atoms with van der Waals surface area (Å²) in [5.74, 6) is 1.29. The molecule has 0 saturated carbocycles. The van der Waals surface area contributed by atoms with Crippen molar-refractivity contribution in [3.05, 3.63) is 71.0 Å². The first-order valence-electron chi connectivity index (χ1n) is 8.56. The zero-order valence-electron chi connectivity index (χ0n) is 14.8. The van der Waals surface area contributed by atoms with Gasteiger partial charge in [-0.25, -0.2) is 4.68 Å². The molecule has 0 saturated heterocycles. The maximum Gasteiger partial charge on any atom is 0.274 e. The number of hydrogen-bond acceptors (Lipinski definition) is 4. The van der Waals surface area contributed by atoms with Crippen LogP contribution in [0.4, 0.5) is 0 Å². The molecule has 2 aromatic carbocycles. The van der Waals surface area contributed by atoms with Crippen LogP contribution in [0.15, 0.2) is 54.7 Å². The summed E-state index contributed by atoms with van der Waals surface area (Å²) in [6.45, 7) is 1.53. The molecule has 1 amide bonds. The van der Waals surface area contributed by atoms with Gasteiger partial charge < -0.3 is 14.4 Å². The maximum absolute atomic E-state index is 12.7. The highest BCUT2D eigenvalue weighted by Crippen LogP contribution is 2.31. The van der Waals surface area contributed by atoms with Crippen LogP contribution in [-0.4, -0.2) is 40.8 Å². The lowest BCUT2D eigenvalue weighted by Gasteiger charge is -2.21. The van der Waals surface area contributed by atoms with Crippen LogP contribution < -0.4 is 9.47 Å². The van der Waals surface area contributed by atoms with E-state index in [2.05, 4.69) is 5.10 Å². The zero-order valence-corrected chi connectivity index (χ0v) is 15.5. The summed E-state index contributed by atoms with van der Waals surface area (Å²) in [7, 11) is 1.75. The van der Waals surface area contributed by atoms with Crippen LogP contribution in [0.2, 0.25) is 5.02 Å². The molecule has 0 radical (unpaired) electrons. The highest BCUT2D eigenvalue weighted by Gasteiger charge is 2.17. The Labute approximate surface area is 161 Å². The number of amides is 1. The predicted molar refractivity (Wildman–Crippen MR) is 102 cm³/mol. The molecule has 0 unspecified atom stereocenters. The van der Waals surface area contributed by atoms with Gasteiger partial charge in [0.05, 0.1) is 5.69 Å². The molecule has 2 heterocycles. The second-order valence-corrected chi connectivity index (χ2v) is 6.70. The monoisotopic (exact) mass is 383 g/mol. The number of carbonyl (C=O) groups excluding carboxylic acids is 1. The number of nitrogens with zero attached hydrogens (tertiary/aromatic N) is 3. The Morgan fingerprint density at radius 3 is 2.78 bits per heavy atom. The average molecular weight is 384 g/mol. The fourth-order valence-electron chi connectivity index (χ4n) is 2.93. The van der Waals surface area contributed by atoms with Crippen LogP contribution in [0.5, 0.6) is 11.5 Å². The first-order valence-corrected chi connectivity index (χ1v) is 8.93. The van der Waals surface area contributed by atoms with Crippen molar-refractivity contribution < 1.29 is 14.3 Å². The van der Waals surface area contributed by atoms with Crippen molar-refractivity contribution in [3.63, 3.8) is 0 Å². The van der Waals surface area contributed by atoms with E-state index in [-0.39, 0.29) is 5.91 Å². The van der Waals surface area contributed by atoms with Crippen LogP contribution in [-0.2, 0) is 6.54 Å². The van der Waals surface area contributed by atoms with Crippen molar-refractivity contribution >= 4 is 17.5 Å². The Morgan fingerprint density at radius 2 is 1.96 bits per heavy atom. The van der Waals surface area contributed by atoms with E-state index in [4.69, 9.17) is 21.1 Å². The van der Waals surface area contributed by atoms with Gasteiger partial charge in [0.15, 0.2) is 17.2 Å². The molecule has 0 N–H and O–H groups in total. The minimum Gasteiger partial charge on any atom is -0.486 e. The third-order valence-corrected chi connectivity index (χ3v) is 4.49. The Kier molecular flexibility index (Phi) is 4.73. The van der Waals surface area contributed by atoms with E-state index in [1.54, 1.807) is 41.0 Å². The second kappa shape index (κ2) is 7.32. The third-order valence-electron chi connectivity index (χ3n) is 4.25. The normalized spacial score (nSPS) is 12.7. The first kappa shape index (κ1) is 17.4. The third kappa shape index (κ3) is 3.75. The summed E-state index contributed by atoms with van der Waals surface area (Å²) in [5.41, 5.74) is 2.13. The van der Waals surface area contributed by atoms with E-state index in [0.29, 0.717) is 36.2 Å². The molecule has 1 aromatic heterocycles. The number of rotatable bonds is 4. The van der Waals surface area contributed by atoms with Crippen molar-refractivity contribution in [2.75, 3.05) is 20.3 Å². The molecule has 7 heteroatoms.